The zero-order chi connectivity index (χ0) is 12.1. The van der Waals surface area contributed by atoms with Crippen molar-refractivity contribution in [3.05, 3.63) is 0 Å². The lowest BCUT2D eigenvalue weighted by atomic mass is 10.1. The maximum atomic E-state index is 11.7. The molecule has 0 bridgehead atoms. The number of carbonyl (C=O) groups is 1. The van der Waals surface area contributed by atoms with E-state index in [0.29, 0.717) is 12.0 Å². The van der Waals surface area contributed by atoms with Gasteiger partial charge in [0.1, 0.15) is 0 Å². The Bertz CT molecular complexity index is 253. The van der Waals surface area contributed by atoms with E-state index >= 15 is 0 Å². The van der Waals surface area contributed by atoms with Crippen molar-refractivity contribution in [3.8, 4) is 0 Å². The second-order valence-electron chi connectivity index (χ2n) is 5.31. The Kier molecular flexibility index (Phi) is 4.62. The van der Waals surface area contributed by atoms with E-state index in [9.17, 15) is 4.79 Å². The number of urea groups is 1. The Morgan fingerprint density at radius 2 is 2.35 bits per heavy atom. The number of piperidine rings is 1. The maximum absolute atomic E-state index is 11.7. The van der Waals surface area contributed by atoms with Crippen LogP contribution >= 0.6 is 0 Å². The average molecular weight is 240 g/mol. The molecule has 0 radical (unpaired) electrons. The van der Waals surface area contributed by atoms with Crippen molar-refractivity contribution >= 4 is 6.03 Å². The molecule has 98 valence electrons. The van der Waals surface area contributed by atoms with E-state index in [0.717, 1.165) is 45.6 Å². The minimum Gasteiger partial charge on any atom is -0.338 e. The number of likely N-dealkylation sites (tertiary alicyclic amines) is 1. The molecule has 0 saturated carbocycles. The number of rotatable bonds is 3. The number of carbonyl (C=O) groups excluding carboxylic acids is 1. The minimum absolute atomic E-state index is 0.00625. The van der Waals surface area contributed by atoms with Crippen molar-refractivity contribution in [1.29, 1.82) is 0 Å². The molecule has 2 unspecified atom stereocenters. The van der Waals surface area contributed by atoms with E-state index in [2.05, 4.69) is 27.9 Å². The first-order chi connectivity index (χ1) is 8.24. The number of amides is 2. The van der Waals surface area contributed by atoms with Gasteiger partial charge in [-0.2, -0.15) is 0 Å². The van der Waals surface area contributed by atoms with Crippen LogP contribution < -0.4 is 16.0 Å². The van der Waals surface area contributed by atoms with Gasteiger partial charge in [-0.25, -0.2) is 4.79 Å². The molecule has 2 aliphatic heterocycles. The first-order valence-electron chi connectivity index (χ1n) is 6.67. The van der Waals surface area contributed by atoms with Crippen LogP contribution in [0.2, 0.25) is 0 Å². The van der Waals surface area contributed by atoms with E-state index in [-0.39, 0.29) is 6.03 Å². The molecule has 0 aromatic heterocycles. The molecule has 17 heavy (non-hydrogen) atoms. The molecule has 2 rings (SSSR count). The molecule has 2 aliphatic rings. The van der Waals surface area contributed by atoms with Crippen LogP contribution in [-0.2, 0) is 0 Å². The van der Waals surface area contributed by atoms with Crippen molar-refractivity contribution in [1.82, 2.24) is 20.9 Å². The van der Waals surface area contributed by atoms with Gasteiger partial charge >= 0.3 is 6.03 Å². The molecule has 0 aromatic carbocycles. The van der Waals surface area contributed by atoms with Gasteiger partial charge in [0.05, 0.1) is 0 Å². The van der Waals surface area contributed by atoms with Crippen LogP contribution in [0.5, 0.6) is 0 Å². The highest BCUT2D eigenvalue weighted by molar-refractivity contribution is 5.74. The molecule has 2 fully saturated rings. The van der Waals surface area contributed by atoms with Crippen LogP contribution in [-0.4, -0.2) is 56.7 Å². The Labute approximate surface area is 103 Å². The molecular formula is C12H24N4O. The molecule has 2 atom stereocenters. The van der Waals surface area contributed by atoms with Gasteiger partial charge in [0.2, 0.25) is 0 Å². The standard InChI is InChI=1S/C12H24N4O/c1-16-6-4-10(9-16)7-14-12(17)15-11-3-2-5-13-8-11/h10-11,13H,2-9H2,1H3,(H2,14,15,17). The van der Waals surface area contributed by atoms with Crippen molar-refractivity contribution in [2.24, 2.45) is 5.92 Å². The molecule has 5 heteroatoms. The molecule has 0 aromatic rings. The molecule has 2 amide bonds. The number of nitrogens with one attached hydrogen (secondary N) is 3. The minimum atomic E-state index is -0.00625. The Hall–Kier alpha value is -0.810. The van der Waals surface area contributed by atoms with Gasteiger partial charge in [-0.05, 0) is 45.3 Å². The van der Waals surface area contributed by atoms with E-state index in [4.69, 9.17) is 0 Å². The third-order valence-electron chi connectivity index (χ3n) is 3.67. The fourth-order valence-electron chi connectivity index (χ4n) is 2.64. The topological polar surface area (TPSA) is 56.4 Å². The highest BCUT2D eigenvalue weighted by atomic mass is 16.2. The fourth-order valence-corrected chi connectivity index (χ4v) is 2.64. The second kappa shape index (κ2) is 6.21. The summed E-state index contributed by atoms with van der Waals surface area (Å²) < 4.78 is 0. The van der Waals surface area contributed by atoms with Crippen molar-refractivity contribution in [3.63, 3.8) is 0 Å². The summed E-state index contributed by atoms with van der Waals surface area (Å²) in [7, 11) is 2.13. The molecule has 0 spiro atoms. The summed E-state index contributed by atoms with van der Waals surface area (Å²) >= 11 is 0. The average Bonchev–Trinajstić information content (AvgIpc) is 2.74. The van der Waals surface area contributed by atoms with E-state index in [1.807, 2.05) is 0 Å². The van der Waals surface area contributed by atoms with Gasteiger partial charge in [-0.15, -0.1) is 0 Å². The smallest absolute Gasteiger partial charge is 0.315 e. The zero-order valence-electron chi connectivity index (χ0n) is 10.7. The van der Waals surface area contributed by atoms with Gasteiger partial charge < -0.3 is 20.9 Å². The predicted molar refractivity (Wildman–Crippen MR) is 68.0 cm³/mol. The molecular weight excluding hydrogens is 216 g/mol. The van der Waals surface area contributed by atoms with Crippen LogP contribution in [0, 0.1) is 5.92 Å². The number of hydrogen-bond donors (Lipinski definition) is 3. The van der Waals surface area contributed by atoms with Gasteiger partial charge in [-0.1, -0.05) is 0 Å². The zero-order valence-corrected chi connectivity index (χ0v) is 10.7. The van der Waals surface area contributed by atoms with Gasteiger partial charge in [0.25, 0.3) is 0 Å². The Morgan fingerprint density at radius 3 is 3.00 bits per heavy atom. The quantitative estimate of drug-likeness (QED) is 0.650. The summed E-state index contributed by atoms with van der Waals surface area (Å²) in [5.41, 5.74) is 0. The normalized spacial score (nSPS) is 30.2. The van der Waals surface area contributed by atoms with Crippen LogP contribution in [0.25, 0.3) is 0 Å². The SMILES string of the molecule is CN1CCC(CNC(=O)NC2CCCNC2)C1. The van der Waals surface area contributed by atoms with Crippen molar-refractivity contribution in [2.45, 2.75) is 25.3 Å². The fraction of sp³-hybridized carbons (Fsp3) is 0.917. The molecule has 2 saturated heterocycles. The lowest BCUT2D eigenvalue weighted by molar-refractivity contribution is 0.232. The highest BCUT2D eigenvalue weighted by Crippen LogP contribution is 2.12. The predicted octanol–water partition coefficient (Wildman–Crippen LogP) is -0.0107. The van der Waals surface area contributed by atoms with Gasteiger partial charge in [0, 0.05) is 25.7 Å². The summed E-state index contributed by atoms with van der Waals surface area (Å²) in [6, 6.07) is 0.295. The van der Waals surface area contributed by atoms with Crippen LogP contribution in [0.1, 0.15) is 19.3 Å². The Balaban J connectivity index is 1.60. The van der Waals surface area contributed by atoms with E-state index in [1.54, 1.807) is 0 Å². The van der Waals surface area contributed by atoms with Crippen LogP contribution in [0.15, 0.2) is 0 Å². The monoisotopic (exact) mass is 240 g/mol. The van der Waals surface area contributed by atoms with Crippen molar-refractivity contribution < 1.29 is 4.79 Å². The second-order valence-corrected chi connectivity index (χ2v) is 5.31. The number of nitrogens with zero attached hydrogens (tertiary/aromatic N) is 1. The number of hydrogen-bond acceptors (Lipinski definition) is 3. The molecule has 5 nitrogen and oxygen atoms in total. The van der Waals surface area contributed by atoms with E-state index in [1.165, 1.54) is 6.42 Å². The van der Waals surface area contributed by atoms with Gasteiger partial charge in [-0.3, -0.25) is 0 Å². The maximum Gasteiger partial charge on any atom is 0.315 e. The molecule has 0 aliphatic carbocycles. The summed E-state index contributed by atoms with van der Waals surface area (Å²) in [5, 5.41) is 9.31. The summed E-state index contributed by atoms with van der Waals surface area (Å²) in [6.45, 7) is 5.04. The Morgan fingerprint density at radius 1 is 1.47 bits per heavy atom. The lowest BCUT2D eigenvalue weighted by Crippen LogP contribution is -2.49. The van der Waals surface area contributed by atoms with Gasteiger partial charge in [0.15, 0.2) is 0 Å². The first-order valence-corrected chi connectivity index (χ1v) is 6.67. The third-order valence-corrected chi connectivity index (χ3v) is 3.67. The summed E-state index contributed by atoms with van der Waals surface area (Å²) in [5.74, 6) is 0.621. The first kappa shape index (κ1) is 12.6. The molecule has 2 heterocycles. The van der Waals surface area contributed by atoms with Crippen molar-refractivity contribution in [2.75, 3.05) is 39.8 Å². The summed E-state index contributed by atoms with van der Waals surface area (Å²) in [4.78, 5) is 14.0. The third kappa shape index (κ3) is 4.16. The van der Waals surface area contributed by atoms with E-state index < -0.39 is 0 Å². The van der Waals surface area contributed by atoms with Crippen LogP contribution in [0.3, 0.4) is 0 Å². The summed E-state index contributed by atoms with van der Waals surface area (Å²) in [6.07, 6.45) is 3.44. The lowest BCUT2D eigenvalue weighted by Gasteiger charge is -2.24. The molecule has 3 N–H and O–H groups in total. The highest BCUT2D eigenvalue weighted by Gasteiger charge is 2.20. The largest absolute Gasteiger partial charge is 0.338 e. The van der Waals surface area contributed by atoms with Crippen LogP contribution in [0.4, 0.5) is 4.79 Å².